The quantitative estimate of drug-likeness (QED) is 0.199. The molecule has 0 aromatic heterocycles. The van der Waals surface area contributed by atoms with E-state index in [1.807, 2.05) is 19.1 Å². The molecule has 0 unspecified atom stereocenters. The first kappa shape index (κ1) is 28.4. The number of carbonyl (C=O) groups excluding carboxylic acids is 1. The number of benzene rings is 3. The maximum Gasteiger partial charge on any atom is 0.271 e. The van der Waals surface area contributed by atoms with Crippen LogP contribution in [-0.4, -0.2) is 44.9 Å². The largest absolute Gasteiger partial charge is 0.490 e. The molecule has 0 radical (unpaired) electrons. The van der Waals surface area contributed by atoms with Crippen molar-refractivity contribution in [2.75, 3.05) is 23.7 Å². The summed E-state index contributed by atoms with van der Waals surface area (Å²) < 4.78 is 36.8. The van der Waals surface area contributed by atoms with Gasteiger partial charge in [0, 0.05) is 17.2 Å². The minimum Gasteiger partial charge on any atom is -0.490 e. The number of carbonyl (C=O) groups is 1. The Morgan fingerprint density at radius 2 is 1.84 bits per heavy atom. The molecule has 0 saturated carbocycles. The third-order valence-corrected chi connectivity index (χ3v) is 6.39. The SMILES string of the molecule is CCOc1cc(/C=N\NC(=O)CN(c2cccc([N+](=O)[O-])c2)S(C)(=O)=O)ccc1OCc1ccc(Cl)cc1. The molecular formula is C25H25ClN4O7S. The van der Waals surface area contributed by atoms with Gasteiger partial charge in [0.25, 0.3) is 11.6 Å². The van der Waals surface area contributed by atoms with Crippen LogP contribution < -0.4 is 19.2 Å². The normalized spacial score (nSPS) is 11.2. The predicted octanol–water partition coefficient (Wildman–Crippen LogP) is 4.14. The van der Waals surface area contributed by atoms with Gasteiger partial charge < -0.3 is 9.47 Å². The van der Waals surface area contributed by atoms with Crippen molar-refractivity contribution in [3.05, 3.63) is 93.0 Å². The van der Waals surface area contributed by atoms with Gasteiger partial charge in [0.1, 0.15) is 13.2 Å². The third kappa shape index (κ3) is 8.18. The number of nitro groups is 1. The molecule has 1 N–H and O–H groups in total. The fourth-order valence-corrected chi connectivity index (χ4v) is 4.21. The number of anilines is 1. The van der Waals surface area contributed by atoms with Crippen LogP contribution in [0.2, 0.25) is 5.02 Å². The van der Waals surface area contributed by atoms with Crippen molar-refractivity contribution in [3.63, 3.8) is 0 Å². The maximum atomic E-state index is 12.4. The molecule has 0 atom stereocenters. The molecule has 1 amide bonds. The van der Waals surface area contributed by atoms with Crippen molar-refractivity contribution in [1.82, 2.24) is 5.43 Å². The van der Waals surface area contributed by atoms with Crippen molar-refractivity contribution in [1.29, 1.82) is 0 Å². The smallest absolute Gasteiger partial charge is 0.271 e. The molecule has 0 aliphatic carbocycles. The van der Waals surface area contributed by atoms with Crippen LogP contribution in [0.25, 0.3) is 0 Å². The molecular weight excluding hydrogens is 536 g/mol. The van der Waals surface area contributed by atoms with Gasteiger partial charge in [-0.05, 0) is 54.4 Å². The van der Waals surface area contributed by atoms with Crippen molar-refractivity contribution >= 4 is 45.1 Å². The standard InChI is InChI=1S/C25H25ClN4O7S/c1-3-36-24-13-19(9-12-23(24)37-17-18-7-10-20(26)11-8-18)15-27-28-25(31)16-29(38(2,34)35)21-5-4-6-22(14-21)30(32)33/h4-15H,3,16-17H2,1-2H3,(H,28,31)/b27-15-. The van der Waals surface area contributed by atoms with Gasteiger partial charge in [-0.25, -0.2) is 13.8 Å². The fraction of sp³-hybridized carbons (Fsp3) is 0.200. The molecule has 200 valence electrons. The van der Waals surface area contributed by atoms with Gasteiger partial charge in [-0.3, -0.25) is 19.2 Å². The van der Waals surface area contributed by atoms with Crippen molar-refractivity contribution < 1.29 is 27.6 Å². The van der Waals surface area contributed by atoms with Gasteiger partial charge in [0.05, 0.1) is 29.7 Å². The Morgan fingerprint density at radius 3 is 2.50 bits per heavy atom. The second-order valence-corrected chi connectivity index (χ2v) is 10.2. The van der Waals surface area contributed by atoms with Crippen LogP contribution in [0.1, 0.15) is 18.1 Å². The molecule has 13 heteroatoms. The Balaban J connectivity index is 1.67. The van der Waals surface area contributed by atoms with E-state index in [1.54, 1.807) is 30.3 Å². The van der Waals surface area contributed by atoms with Crippen LogP contribution in [0, 0.1) is 10.1 Å². The summed E-state index contributed by atoms with van der Waals surface area (Å²) in [5.74, 6) is 0.250. The molecule has 0 aliphatic heterocycles. The lowest BCUT2D eigenvalue weighted by Gasteiger charge is -2.21. The first-order valence-corrected chi connectivity index (χ1v) is 13.5. The number of hydrazone groups is 1. The van der Waals surface area contributed by atoms with Crippen molar-refractivity contribution in [2.45, 2.75) is 13.5 Å². The van der Waals surface area contributed by atoms with Gasteiger partial charge in [-0.15, -0.1) is 0 Å². The van der Waals surface area contributed by atoms with Gasteiger partial charge in [-0.1, -0.05) is 29.8 Å². The Morgan fingerprint density at radius 1 is 1.11 bits per heavy atom. The number of hydrogen-bond acceptors (Lipinski definition) is 8. The highest BCUT2D eigenvalue weighted by atomic mass is 35.5. The summed E-state index contributed by atoms with van der Waals surface area (Å²) >= 11 is 5.91. The van der Waals surface area contributed by atoms with Gasteiger partial charge in [0.15, 0.2) is 11.5 Å². The monoisotopic (exact) mass is 560 g/mol. The number of nitro benzene ring substituents is 1. The summed E-state index contributed by atoms with van der Waals surface area (Å²) in [6, 6.07) is 17.3. The number of ether oxygens (including phenoxy) is 2. The maximum absolute atomic E-state index is 12.4. The van der Waals surface area contributed by atoms with Gasteiger partial charge in [0.2, 0.25) is 10.0 Å². The van der Waals surface area contributed by atoms with Crippen LogP contribution in [0.5, 0.6) is 11.5 Å². The summed E-state index contributed by atoms with van der Waals surface area (Å²) in [6.45, 7) is 1.91. The summed E-state index contributed by atoms with van der Waals surface area (Å²) in [6.07, 6.45) is 2.26. The van der Waals surface area contributed by atoms with E-state index < -0.39 is 27.4 Å². The topological polar surface area (TPSA) is 140 Å². The van der Waals surface area contributed by atoms with E-state index in [0.717, 1.165) is 22.2 Å². The molecule has 0 bridgehead atoms. The number of nitrogens with zero attached hydrogens (tertiary/aromatic N) is 3. The van der Waals surface area contributed by atoms with Crippen LogP contribution in [0.4, 0.5) is 11.4 Å². The highest BCUT2D eigenvalue weighted by Gasteiger charge is 2.22. The number of hydrogen-bond donors (Lipinski definition) is 1. The van der Waals surface area contributed by atoms with Crippen molar-refractivity contribution in [2.24, 2.45) is 5.10 Å². The number of rotatable bonds is 12. The molecule has 0 saturated heterocycles. The lowest BCUT2D eigenvalue weighted by molar-refractivity contribution is -0.384. The molecule has 0 fully saturated rings. The molecule has 0 heterocycles. The van der Waals surface area contributed by atoms with Crippen LogP contribution >= 0.6 is 11.6 Å². The molecule has 11 nitrogen and oxygen atoms in total. The minimum atomic E-state index is -3.92. The van der Waals surface area contributed by atoms with E-state index in [2.05, 4.69) is 10.5 Å². The molecule has 3 rings (SSSR count). The molecule has 3 aromatic rings. The summed E-state index contributed by atoms with van der Waals surface area (Å²) in [4.78, 5) is 22.8. The van der Waals surface area contributed by atoms with Gasteiger partial charge >= 0.3 is 0 Å². The van der Waals surface area contributed by atoms with Crippen LogP contribution in [0.15, 0.2) is 71.8 Å². The van der Waals surface area contributed by atoms with E-state index in [1.165, 1.54) is 24.4 Å². The van der Waals surface area contributed by atoms with E-state index in [4.69, 9.17) is 21.1 Å². The number of amides is 1. The molecule has 3 aromatic carbocycles. The second-order valence-electron chi connectivity index (χ2n) is 7.89. The number of sulfonamides is 1. The third-order valence-electron chi connectivity index (χ3n) is 4.99. The minimum absolute atomic E-state index is 0.0172. The lowest BCUT2D eigenvalue weighted by atomic mass is 10.2. The number of non-ortho nitro benzene ring substituents is 1. The van der Waals surface area contributed by atoms with E-state index in [-0.39, 0.29) is 11.4 Å². The average molecular weight is 561 g/mol. The lowest BCUT2D eigenvalue weighted by Crippen LogP contribution is -2.39. The Hall–Kier alpha value is -4.16. The molecule has 0 spiro atoms. The average Bonchev–Trinajstić information content (AvgIpc) is 2.87. The highest BCUT2D eigenvalue weighted by Crippen LogP contribution is 2.29. The van der Waals surface area contributed by atoms with E-state index >= 15 is 0 Å². The zero-order chi connectivity index (χ0) is 27.7. The summed E-state index contributed by atoms with van der Waals surface area (Å²) in [5, 5.41) is 15.6. The first-order valence-electron chi connectivity index (χ1n) is 11.2. The number of halogens is 1. The van der Waals surface area contributed by atoms with Gasteiger partial charge in [-0.2, -0.15) is 5.10 Å². The molecule has 0 aliphatic rings. The predicted molar refractivity (Wildman–Crippen MR) is 144 cm³/mol. The first-order chi connectivity index (χ1) is 18.1. The number of nitrogens with one attached hydrogen (secondary N) is 1. The Kier molecular flexibility index (Phi) is 9.63. The summed E-state index contributed by atoms with van der Waals surface area (Å²) in [5.41, 5.74) is 3.46. The zero-order valence-corrected chi connectivity index (χ0v) is 22.1. The highest BCUT2D eigenvalue weighted by molar-refractivity contribution is 7.92. The summed E-state index contributed by atoms with van der Waals surface area (Å²) in [7, 11) is -3.92. The fourth-order valence-electron chi connectivity index (χ4n) is 3.24. The molecule has 38 heavy (non-hydrogen) atoms. The van der Waals surface area contributed by atoms with Crippen LogP contribution in [0.3, 0.4) is 0 Å². The zero-order valence-electron chi connectivity index (χ0n) is 20.5. The van der Waals surface area contributed by atoms with E-state index in [9.17, 15) is 23.3 Å². The van der Waals surface area contributed by atoms with E-state index in [0.29, 0.717) is 35.3 Å². The Labute approximate surface area is 224 Å². The Bertz CT molecular complexity index is 1430. The van der Waals surface area contributed by atoms with Crippen molar-refractivity contribution in [3.8, 4) is 11.5 Å². The second kappa shape index (κ2) is 12.9. The van der Waals surface area contributed by atoms with Crippen LogP contribution in [-0.2, 0) is 21.4 Å².